The summed E-state index contributed by atoms with van der Waals surface area (Å²) >= 11 is 2.06. The summed E-state index contributed by atoms with van der Waals surface area (Å²) in [6.45, 7) is 0. The van der Waals surface area contributed by atoms with E-state index in [2.05, 4.69) is 28.1 Å². The van der Waals surface area contributed by atoms with Crippen LogP contribution in [0.4, 0.5) is 0 Å². The number of thioether (sulfide) groups is 1. The Kier molecular flexibility index (Phi) is 2.67. The molecule has 1 aliphatic heterocycles. The van der Waals surface area contributed by atoms with Crippen molar-refractivity contribution in [2.24, 2.45) is 0 Å². The van der Waals surface area contributed by atoms with Crippen LogP contribution in [-0.2, 0) is 6.42 Å². The quantitative estimate of drug-likeness (QED) is 0.827. The van der Waals surface area contributed by atoms with Crippen molar-refractivity contribution in [3.8, 4) is 0 Å². The number of pyridine rings is 1. The SMILES string of the molecule is c1cnc2c(c1)CCC2NC1CCSC1. The van der Waals surface area contributed by atoms with Gasteiger partial charge in [-0.2, -0.15) is 11.8 Å². The molecule has 3 rings (SSSR count). The molecule has 1 aliphatic carbocycles. The van der Waals surface area contributed by atoms with E-state index in [1.807, 2.05) is 12.3 Å². The van der Waals surface area contributed by atoms with Gasteiger partial charge >= 0.3 is 0 Å². The van der Waals surface area contributed by atoms with Crippen molar-refractivity contribution in [3.05, 3.63) is 29.6 Å². The number of nitrogens with zero attached hydrogens (tertiary/aromatic N) is 1. The van der Waals surface area contributed by atoms with E-state index in [4.69, 9.17) is 0 Å². The predicted molar refractivity (Wildman–Crippen MR) is 64.2 cm³/mol. The van der Waals surface area contributed by atoms with E-state index in [1.165, 1.54) is 42.0 Å². The number of hydrogen-bond acceptors (Lipinski definition) is 3. The maximum atomic E-state index is 4.51. The molecule has 1 aromatic rings. The van der Waals surface area contributed by atoms with Crippen LogP contribution in [-0.4, -0.2) is 22.5 Å². The Morgan fingerprint density at radius 2 is 2.40 bits per heavy atom. The molecule has 2 nitrogen and oxygen atoms in total. The first-order valence-electron chi connectivity index (χ1n) is 5.71. The molecule has 1 saturated heterocycles. The van der Waals surface area contributed by atoms with Crippen LogP contribution >= 0.6 is 11.8 Å². The Bertz CT molecular complexity index is 347. The Morgan fingerprint density at radius 3 is 3.27 bits per heavy atom. The van der Waals surface area contributed by atoms with Crippen LogP contribution < -0.4 is 5.32 Å². The van der Waals surface area contributed by atoms with Gasteiger partial charge in [0, 0.05) is 18.0 Å². The highest BCUT2D eigenvalue weighted by Gasteiger charge is 2.26. The third kappa shape index (κ3) is 1.91. The van der Waals surface area contributed by atoms with Crippen LogP contribution in [0.5, 0.6) is 0 Å². The minimum absolute atomic E-state index is 0.518. The van der Waals surface area contributed by atoms with E-state index in [9.17, 15) is 0 Å². The largest absolute Gasteiger partial charge is 0.305 e. The lowest BCUT2D eigenvalue weighted by Crippen LogP contribution is -2.31. The molecule has 3 heteroatoms. The number of aryl methyl sites for hydroxylation is 1. The van der Waals surface area contributed by atoms with Gasteiger partial charge in [-0.15, -0.1) is 0 Å². The maximum Gasteiger partial charge on any atom is 0.0605 e. The molecule has 2 unspecified atom stereocenters. The van der Waals surface area contributed by atoms with Gasteiger partial charge in [0.15, 0.2) is 0 Å². The second-order valence-electron chi connectivity index (χ2n) is 4.37. The molecule has 80 valence electrons. The van der Waals surface area contributed by atoms with Crippen LogP contribution in [0.15, 0.2) is 18.3 Å². The Hall–Kier alpha value is -0.540. The van der Waals surface area contributed by atoms with Gasteiger partial charge in [0.1, 0.15) is 0 Å². The zero-order chi connectivity index (χ0) is 10.1. The lowest BCUT2D eigenvalue weighted by Gasteiger charge is -2.18. The van der Waals surface area contributed by atoms with Gasteiger partial charge in [-0.3, -0.25) is 4.98 Å². The summed E-state index contributed by atoms with van der Waals surface area (Å²) in [6, 6.07) is 5.50. The molecule has 1 aromatic heterocycles. The second kappa shape index (κ2) is 4.14. The van der Waals surface area contributed by atoms with Crippen LogP contribution in [0.2, 0.25) is 0 Å². The monoisotopic (exact) mass is 220 g/mol. The van der Waals surface area contributed by atoms with E-state index in [-0.39, 0.29) is 0 Å². The summed E-state index contributed by atoms with van der Waals surface area (Å²) in [6.07, 6.45) is 5.67. The van der Waals surface area contributed by atoms with Gasteiger partial charge in [-0.25, -0.2) is 0 Å². The summed E-state index contributed by atoms with van der Waals surface area (Å²) < 4.78 is 0. The summed E-state index contributed by atoms with van der Waals surface area (Å²) in [4.78, 5) is 4.51. The molecule has 2 aliphatic rings. The van der Waals surface area contributed by atoms with Crippen molar-refractivity contribution < 1.29 is 0 Å². The third-order valence-electron chi connectivity index (χ3n) is 3.33. The van der Waals surface area contributed by atoms with Crippen LogP contribution in [0.1, 0.15) is 30.1 Å². The molecule has 0 bridgehead atoms. The number of fused-ring (bicyclic) bond motifs is 1. The molecule has 0 spiro atoms. The Balaban J connectivity index is 1.73. The van der Waals surface area contributed by atoms with Gasteiger partial charge in [0.25, 0.3) is 0 Å². The second-order valence-corrected chi connectivity index (χ2v) is 5.52. The molecule has 0 amide bonds. The fourth-order valence-electron chi connectivity index (χ4n) is 2.53. The van der Waals surface area contributed by atoms with E-state index in [0.717, 1.165) is 0 Å². The van der Waals surface area contributed by atoms with Gasteiger partial charge in [-0.05, 0) is 36.6 Å². The lowest BCUT2D eigenvalue weighted by molar-refractivity contribution is 0.453. The molecule has 0 radical (unpaired) electrons. The van der Waals surface area contributed by atoms with Gasteiger partial charge in [0.05, 0.1) is 11.7 Å². The molecular formula is C12H16N2S. The van der Waals surface area contributed by atoms with E-state index in [1.54, 1.807) is 0 Å². The Morgan fingerprint density at radius 1 is 1.40 bits per heavy atom. The van der Waals surface area contributed by atoms with Crippen molar-refractivity contribution in [1.29, 1.82) is 0 Å². The van der Waals surface area contributed by atoms with E-state index in [0.29, 0.717) is 12.1 Å². The standard InChI is InChI=1S/C12H16N2S/c1-2-9-3-4-11(12(9)13-6-1)14-10-5-7-15-8-10/h1-2,6,10-11,14H,3-5,7-8H2. The fraction of sp³-hybridized carbons (Fsp3) is 0.583. The van der Waals surface area contributed by atoms with Gasteiger partial charge < -0.3 is 5.32 Å². The maximum absolute atomic E-state index is 4.51. The summed E-state index contributed by atoms with van der Waals surface area (Å²) in [5.41, 5.74) is 2.75. The number of hydrogen-bond donors (Lipinski definition) is 1. The van der Waals surface area contributed by atoms with Crippen LogP contribution in [0.25, 0.3) is 0 Å². The van der Waals surface area contributed by atoms with Crippen molar-refractivity contribution in [2.75, 3.05) is 11.5 Å². The normalized spacial score (nSPS) is 29.3. The summed E-state index contributed by atoms with van der Waals surface area (Å²) in [5, 5.41) is 3.75. The highest BCUT2D eigenvalue weighted by atomic mass is 32.2. The fourth-order valence-corrected chi connectivity index (χ4v) is 3.69. The van der Waals surface area contributed by atoms with Crippen LogP contribution in [0.3, 0.4) is 0 Å². The number of rotatable bonds is 2. The molecule has 2 atom stereocenters. The summed E-state index contributed by atoms with van der Waals surface area (Å²) in [5.74, 6) is 2.60. The topological polar surface area (TPSA) is 24.9 Å². The molecular weight excluding hydrogens is 204 g/mol. The van der Waals surface area contributed by atoms with Crippen molar-refractivity contribution >= 4 is 11.8 Å². The van der Waals surface area contributed by atoms with Crippen molar-refractivity contribution in [1.82, 2.24) is 10.3 Å². The smallest absolute Gasteiger partial charge is 0.0605 e. The molecule has 2 heterocycles. The first-order chi connectivity index (χ1) is 7.43. The molecule has 1 fully saturated rings. The zero-order valence-corrected chi connectivity index (χ0v) is 9.59. The zero-order valence-electron chi connectivity index (χ0n) is 8.78. The molecule has 1 N–H and O–H groups in total. The predicted octanol–water partition coefficient (Wildman–Crippen LogP) is 2.16. The number of aromatic nitrogens is 1. The van der Waals surface area contributed by atoms with E-state index < -0.39 is 0 Å². The highest BCUT2D eigenvalue weighted by molar-refractivity contribution is 7.99. The highest BCUT2D eigenvalue weighted by Crippen LogP contribution is 2.30. The minimum Gasteiger partial charge on any atom is -0.305 e. The van der Waals surface area contributed by atoms with Gasteiger partial charge in [-0.1, -0.05) is 6.07 Å². The van der Waals surface area contributed by atoms with Crippen molar-refractivity contribution in [2.45, 2.75) is 31.3 Å². The van der Waals surface area contributed by atoms with E-state index >= 15 is 0 Å². The van der Waals surface area contributed by atoms with Crippen LogP contribution in [0, 0.1) is 0 Å². The van der Waals surface area contributed by atoms with Gasteiger partial charge in [0.2, 0.25) is 0 Å². The summed E-state index contributed by atoms with van der Waals surface area (Å²) in [7, 11) is 0. The lowest BCUT2D eigenvalue weighted by atomic mass is 10.1. The average molecular weight is 220 g/mol. The third-order valence-corrected chi connectivity index (χ3v) is 4.49. The Labute approximate surface area is 94.9 Å². The first-order valence-corrected chi connectivity index (χ1v) is 6.86. The first kappa shape index (κ1) is 9.67. The molecule has 15 heavy (non-hydrogen) atoms. The minimum atomic E-state index is 0.518. The number of nitrogens with one attached hydrogen (secondary N) is 1. The average Bonchev–Trinajstić information content (AvgIpc) is 2.89. The molecule has 0 saturated carbocycles. The van der Waals surface area contributed by atoms with Crippen molar-refractivity contribution in [3.63, 3.8) is 0 Å². The molecule has 0 aromatic carbocycles.